The van der Waals surface area contributed by atoms with Gasteiger partial charge in [-0.3, -0.25) is 20.4 Å². The van der Waals surface area contributed by atoms with Crippen LogP contribution in [0.15, 0.2) is 24.3 Å². The second-order valence-corrected chi connectivity index (χ2v) is 5.35. The highest BCUT2D eigenvalue weighted by molar-refractivity contribution is 8.13. The Hall–Kier alpha value is -1.73. The molecular formula is C9H14N4O6S2. The molecule has 0 saturated heterocycles. The summed E-state index contributed by atoms with van der Waals surface area (Å²) in [6.07, 6.45) is 0. The van der Waals surface area contributed by atoms with Crippen molar-refractivity contribution in [2.45, 2.75) is 0 Å². The van der Waals surface area contributed by atoms with Crippen LogP contribution in [-0.2, 0) is 10.4 Å². The molecule has 0 atom stereocenters. The van der Waals surface area contributed by atoms with Crippen molar-refractivity contribution < 1.29 is 27.4 Å². The number of nitrogens with one attached hydrogen (secondary N) is 1. The molecule has 1 rings (SSSR count). The fraction of sp³-hybridized carbons (Fsp3) is 0.222. The number of benzene rings is 1. The maximum absolute atomic E-state index is 10.4. The van der Waals surface area contributed by atoms with E-state index in [2.05, 4.69) is 4.99 Å². The highest BCUT2D eigenvalue weighted by Crippen LogP contribution is 2.11. The molecule has 0 amide bonds. The Morgan fingerprint density at radius 2 is 1.86 bits per heavy atom. The van der Waals surface area contributed by atoms with E-state index >= 15 is 0 Å². The molecule has 0 bridgehead atoms. The third-order valence-corrected chi connectivity index (χ3v) is 2.57. The molecule has 0 aromatic heterocycles. The Bertz CT molecular complexity index is 579. The summed E-state index contributed by atoms with van der Waals surface area (Å²) in [5, 5.41) is 10.9. The minimum Gasteiger partial charge on any atom is -0.726 e. The molecule has 6 N–H and O–H groups in total. The van der Waals surface area contributed by atoms with Crippen LogP contribution in [0.1, 0.15) is 0 Å². The van der Waals surface area contributed by atoms with E-state index in [1.807, 2.05) is 0 Å². The Kier molecular flexibility index (Phi) is 8.49. The first kappa shape index (κ1) is 19.3. The average molecular weight is 338 g/mol. The number of nitro groups is 1. The van der Waals surface area contributed by atoms with Crippen molar-refractivity contribution >= 4 is 38.7 Å². The molecule has 21 heavy (non-hydrogen) atoms. The van der Waals surface area contributed by atoms with Gasteiger partial charge in [-0.15, -0.1) is 0 Å². The first-order valence-electron chi connectivity index (χ1n) is 5.28. The van der Waals surface area contributed by atoms with E-state index in [0.29, 0.717) is 17.4 Å². The summed E-state index contributed by atoms with van der Waals surface area (Å²) in [4.78, 5) is 12.9. The molecule has 118 valence electrons. The topological polar surface area (TPSA) is 187 Å². The molecule has 0 aliphatic carbocycles. The number of nitrogens with zero attached hydrogens (tertiary/aromatic N) is 1. The zero-order chi connectivity index (χ0) is 16.5. The minimum atomic E-state index is -4.92. The van der Waals surface area contributed by atoms with Crippen LogP contribution in [0.4, 0.5) is 11.4 Å². The lowest BCUT2D eigenvalue weighted by molar-refractivity contribution is -0.385. The van der Waals surface area contributed by atoms with Gasteiger partial charge in [0.2, 0.25) is 10.4 Å². The molecule has 0 unspecified atom stereocenters. The first-order valence-corrected chi connectivity index (χ1v) is 7.63. The normalized spacial score (nSPS) is 11.5. The van der Waals surface area contributed by atoms with Gasteiger partial charge in [-0.2, -0.15) is 0 Å². The van der Waals surface area contributed by atoms with Gasteiger partial charge in [0.05, 0.1) is 4.92 Å². The van der Waals surface area contributed by atoms with Crippen LogP contribution in [0.3, 0.4) is 0 Å². The summed E-state index contributed by atoms with van der Waals surface area (Å²) in [5.41, 5.74) is 11.8. The smallest absolute Gasteiger partial charge is 0.307 e. The summed E-state index contributed by atoms with van der Waals surface area (Å²) in [6.45, 7) is 0.549. The molecule has 10 nitrogen and oxygen atoms in total. The van der Waals surface area contributed by atoms with Gasteiger partial charge in [0.25, 0.3) is 5.69 Å². The van der Waals surface area contributed by atoms with E-state index in [9.17, 15) is 10.1 Å². The lowest BCUT2D eigenvalue weighted by Crippen LogP contribution is -2.68. The van der Waals surface area contributed by atoms with Crippen molar-refractivity contribution in [2.75, 3.05) is 12.3 Å². The Balaban J connectivity index is 0.000000690. The van der Waals surface area contributed by atoms with Gasteiger partial charge >= 0.3 is 5.17 Å². The molecule has 0 spiro atoms. The van der Waals surface area contributed by atoms with Gasteiger partial charge in [-0.25, -0.2) is 13.4 Å². The number of nitrogens with two attached hydrogens (primary N) is 2. The van der Waals surface area contributed by atoms with Gasteiger partial charge in [0.1, 0.15) is 5.69 Å². The standard InChI is InChI=1S/C9H12N4O2S.H2O4S/c10-5-6-16-9(11)12-7-1-3-8(4-2-7)13(14)15;1-5(2,3)4/h1-4H,5-6,10H2,(H2,11,12);(H2,1,2,3,4). The van der Waals surface area contributed by atoms with Crippen molar-refractivity contribution in [2.24, 2.45) is 11.5 Å². The summed E-state index contributed by atoms with van der Waals surface area (Å²) in [6, 6.07) is 6.05. The van der Waals surface area contributed by atoms with Gasteiger partial charge in [0, 0.05) is 24.4 Å². The van der Waals surface area contributed by atoms with E-state index in [1.165, 1.54) is 23.9 Å². The van der Waals surface area contributed by atoms with Gasteiger partial charge in [-0.1, -0.05) is 0 Å². The molecule has 12 heteroatoms. The van der Waals surface area contributed by atoms with Gasteiger partial charge in [0.15, 0.2) is 0 Å². The molecule has 0 heterocycles. The van der Waals surface area contributed by atoms with E-state index < -0.39 is 15.3 Å². The monoisotopic (exact) mass is 338 g/mol. The van der Waals surface area contributed by atoms with Crippen molar-refractivity contribution in [3.05, 3.63) is 34.4 Å². The number of hydrogen-bond acceptors (Lipinski definition) is 7. The van der Waals surface area contributed by atoms with Crippen LogP contribution in [0.2, 0.25) is 0 Å². The molecule has 0 fully saturated rings. The SMILES string of the molecule is NCCSC(N)=[NH+]c1ccc([N+](=O)[O-])cc1.O=S(=O)([O-])O. The largest absolute Gasteiger partial charge is 0.726 e. The number of nitro benzene ring substituents is 1. The van der Waals surface area contributed by atoms with E-state index in [4.69, 9.17) is 29.0 Å². The van der Waals surface area contributed by atoms with Crippen LogP contribution in [0.5, 0.6) is 0 Å². The molecule has 1 aromatic carbocycles. The van der Waals surface area contributed by atoms with E-state index in [0.717, 1.165) is 5.75 Å². The Morgan fingerprint density at radius 1 is 1.38 bits per heavy atom. The van der Waals surface area contributed by atoms with Crippen molar-refractivity contribution in [3.63, 3.8) is 0 Å². The number of thioether (sulfide) groups is 1. The second kappa shape index (κ2) is 9.25. The first-order chi connectivity index (χ1) is 9.63. The van der Waals surface area contributed by atoms with Crippen LogP contribution >= 0.6 is 11.8 Å². The molecule has 0 aliphatic rings. The number of rotatable bonds is 4. The highest BCUT2D eigenvalue weighted by Gasteiger charge is 2.05. The maximum atomic E-state index is 10.4. The zero-order valence-electron chi connectivity index (χ0n) is 10.6. The molecular weight excluding hydrogens is 324 g/mol. The quantitative estimate of drug-likeness (QED) is 0.124. The van der Waals surface area contributed by atoms with E-state index in [1.54, 1.807) is 12.1 Å². The molecule has 0 radical (unpaired) electrons. The summed E-state index contributed by atoms with van der Waals surface area (Å²) < 4.78 is 32.8. The number of hydrogen-bond donors (Lipinski definition) is 4. The number of amidine groups is 1. The van der Waals surface area contributed by atoms with Gasteiger partial charge in [-0.05, 0) is 23.9 Å². The summed E-state index contributed by atoms with van der Waals surface area (Å²) in [5.74, 6) is 0.728. The molecule has 0 aliphatic heterocycles. The predicted molar refractivity (Wildman–Crippen MR) is 76.8 cm³/mol. The lowest BCUT2D eigenvalue weighted by atomic mass is 10.3. The fourth-order valence-corrected chi connectivity index (χ4v) is 1.54. The molecule has 0 saturated carbocycles. The average Bonchev–Trinajstić information content (AvgIpc) is 2.35. The van der Waals surface area contributed by atoms with Crippen molar-refractivity contribution in [1.29, 1.82) is 0 Å². The summed E-state index contributed by atoms with van der Waals surface area (Å²) >= 11 is 1.41. The second-order valence-electron chi connectivity index (χ2n) is 3.36. The number of non-ortho nitro benzene ring substituents is 1. The maximum Gasteiger partial charge on any atom is 0.307 e. The Labute approximate surface area is 125 Å². The zero-order valence-corrected chi connectivity index (χ0v) is 12.3. The third-order valence-electron chi connectivity index (χ3n) is 1.72. The van der Waals surface area contributed by atoms with Crippen LogP contribution in [0, 0.1) is 10.1 Å². The Morgan fingerprint density at radius 3 is 2.24 bits per heavy atom. The van der Waals surface area contributed by atoms with Crippen LogP contribution in [0.25, 0.3) is 0 Å². The third kappa shape index (κ3) is 11.8. The fourth-order valence-electron chi connectivity index (χ4n) is 1.01. The lowest BCUT2D eigenvalue weighted by Gasteiger charge is -1.94. The predicted octanol–water partition coefficient (Wildman–Crippen LogP) is -1.68. The highest BCUT2D eigenvalue weighted by atomic mass is 32.3. The minimum absolute atomic E-state index is 0.0544. The van der Waals surface area contributed by atoms with Crippen LogP contribution < -0.4 is 16.5 Å². The van der Waals surface area contributed by atoms with Crippen molar-refractivity contribution in [1.82, 2.24) is 0 Å². The van der Waals surface area contributed by atoms with Crippen LogP contribution in [-0.4, -0.2) is 39.9 Å². The van der Waals surface area contributed by atoms with Gasteiger partial charge < -0.3 is 10.3 Å². The summed E-state index contributed by atoms with van der Waals surface area (Å²) in [7, 11) is -4.92. The van der Waals surface area contributed by atoms with Crippen molar-refractivity contribution in [3.8, 4) is 0 Å². The van der Waals surface area contributed by atoms with E-state index in [-0.39, 0.29) is 5.69 Å². The molecule has 1 aromatic rings.